The molecular formula is C20H18BrN7O4. The summed E-state index contributed by atoms with van der Waals surface area (Å²) in [6.07, 6.45) is 1.44. The van der Waals surface area contributed by atoms with Gasteiger partial charge in [-0.3, -0.25) is 4.79 Å². The van der Waals surface area contributed by atoms with E-state index in [9.17, 15) is 9.90 Å². The zero-order valence-corrected chi connectivity index (χ0v) is 18.4. The van der Waals surface area contributed by atoms with Crippen LogP contribution >= 0.6 is 15.9 Å². The van der Waals surface area contributed by atoms with Crippen LogP contribution in [0.4, 0.5) is 5.82 Å². The number of nitrogens with two attached hydrogens (primary N) is 1. The number of ether oxygens (including phenoxy) is 1. The maximum absolute atomic E-state index is 12.6. The summed E-state index contributed by atoms with van der Waals surface area (Å²) in [6.45, 7) is 2.11. The molecule has 0 atom stereocenters. The Morgan fingerprint density at radius 3 is 2.94 bits per heavy atom. The zero-order chi connectivity index (χ0) is 22.7. The summed E-state index contributed by atoms with van der Waals surface area (Å²) in [4.78, 5) is 17.1. The van der Waals surface area contributed by atoms with E-state index in [0.717, 1.165) is 0 Å². The molecule has 4 rings (SSSR count). The van der Waals surface area contributed by atoms with Crippen LogP contribution in [-0.4, -0.2) is 43.7 Å². The fraction of sp³-hybridized carbons (Fsp3) is 0.150. The molecule has 4 aromatic rings. The van der Waals surface area contributed by atoms with Crippen molar-refractivity contribution in [3.8, 4) is 23.0 Å². The van der Waals surface area contributed by atoms with Gasteiger partial charge in [-0.05, 0) is 63.0 Å². The van der Waals surface area contributed by atoms with Crippen LogP contribution in [0.1, 0.15) is 12.5 Å². The molecule has 0 aliphatic carbocycles. The van der Waals surface area contributed by atoms with Crippen LogP contribution in [0.5, 0.6) is 11.5 Å². The predicted octanol–water partition coefficient (Wildman–Crippen LogP) is 2.69. The molecule has 2 heterocycles. The Balaban J connectivity index is 1.55. The summed E-state index contributed by atoms with van der Waals surface area (Å²) in [6, 6.07) is 10.6. The average molecular weight is 500 g/mol. The standard InChI is InChI=1S/C20H18BrN7O4/c1-2-31-15-8-11(7-12(21)18(15)30)9-23-25-16(29)10-28-14-6-4-3-5-13(14)24-20(28)17-19(22)27-32-26-17/h3-9,30H,2,10H2,1H3,(H2,22,27)(H,25,29)/b23-9+. The second kappa shape index (κ2) is 9.06. The van der Waals surface area contributed by atoms with Gasteiger partial charge in [0.1, 0.15) is 6.54 Å². The van der Waals surface area contributed by atoms with Gasteiger partial charge in [-0.25, -0.2) is 15.0 Å². The SMILES string of the molecule is CCOc1cc(/C=N/NC(=O)Cn2c(-c3nonc3N)nc3ccccc32)cc(Br)c1O. The van der Waals surface area contributed by atoms with Gasteiger partial charge in [0.2, 0.25) is 0 Å². The molecule has 11 nitrogen and oxygen atoms in total. The predicted molar refractivity (Wildman–Crippen MR) is 120 cm³/mol. The third-order valence-corrected chi connectivity index (χ3v) is 5.04. The summed E-state index contributed by atoms with van der Waals surface area (Å²) >= 11 is 3.26. The van der Waals surface area contributed by atoms with Gasteiger partial charge in [-0.15, -0.1) is 0 Å². The van der Waals surface area contributed by atoms with Crippen molar-refractivity contribution in [1.82, 2.24) is 25.3 Å². The number of phenols is 1. The first kappa shape index (κ1) is 21.3. The van der Waals surface area contributed by atoms with Gasteiger partial charge in [0, 0.05) is 0 Å². The first-order valence-electron chi connectivity index (χ1n) is 9.48. The fourth-order valence-corrected chi connectivity index (χ4v) is 3.52. The van der Waals surface area contributed by atoms with Crippen LogP contribution in [0, 0.1) is 0 Å². The fourth-order valence-electron chi connectivity index (χ4n) is 3.06. The largest absolute Gasteiger partial charge is 0.503 e. The van der Waals surface area contributed by atoms with Gasteiger partial charge < -0.3 is 20.1 Å². The first-order valence-corrected chi connectivity index (χ1v) is 10.3. The number of nitrogens with zero attached hydrogens (tertiary/aromatic N) is 5. The van der Waals surface area contributed by atoms with Crippen molar-refractivity contribution in [2.75, 3.05) is 12.3 Å². The van der Waals surface area contributed by atoms with Crippen LogP contribution in [-0.2, 0) is 11.3 Å². The lowest BCUT2D eigenvalue weighted by Crippen LogP contribution is -2.23. The number of aromatic hydroxyl groups is 1. The number of carbonyl (C=O) groups excluding carboxylic acids is 1. The molecule has 0 saturated carbocycles. The summed E-state index contributed by atoms with van der Waals surface area (Å²) in [5.41, 5.74) is 10.5. The Kier molecular flexibility index (Phi) is 6.03. The van der Waals surface area contributed by atoms with E-state index in [0.29, 0.717) is 39.3 Å². The maximum atomic E-state index is 12.6. The third kappa shape index (κ3) is 4.25. The Morgan fingerprint density at radius 1 is 1.38 bits per heavy atom. The highest BCUT2D eigenvalue weighted by Gasteiger charge is 2.20. The Morgan fingerprint density at radius 2 is 2.19 bits per heavy atom. The number of benzene rings is 2. The van der Waals surface area contributed by atoms with E-state index in [-0.39, 0.29) is 23.8 Å². The molecule has 0 aliphatic heterocycles. The number of nitrogens with one attached hydrogen (secondary N) is 1. The van der Waals surface area contributed by atoms with Crippen LogP contribution in [0.15, 0.2) is 50.6 Å². The van der Waals surface area contributed by atoms with Crippen molar-refractivity contribution in [3.05, 3.63) is 46.4 Å². The van der Waals surface area contributed by atoms with Crippen molar-refractivity contribution >= 4 is 44.9 Å². The minimum absolute atomic E-state index is 0.00540. The molecule has 0 aliphatic rings. The minimum Gasteiger partial charge on any atom is -0.503 e. The van der Waals surface area contributed by atoms with Crippen molar-refractivity contribution in [1.29, 1.82) is 0 Å². The lowest BCUT2D eigenvalue weighted by atomic mass is 10.2. The monoisotopic (exact) mass is 499 g/mol. The number of amides is 1. The van der Waals surface area contributed by atoms with Gasteiger partial charge in [0.25, 0.3) is 5.91 Å². The number of hydrazone groups is 1. The van der Waals surface area contributed by atoms with Crippen LogP contribution in [0.2, 0.25) is 0 Å². The molecule has 0 saturated heterocycles. The molecule has 12 heteroatoms. The Hall–Kier alpha value is -3.93. The second-order valence-electron chi connectivity index (χ2n) is 6.58. The Bertz CT molecular complexity index is 1310. The zero-order valence-electron chi connectivity index (χ0n) is 16.8. The number of halogens is 1. The lowest BCUT2D eigenvalue weighted by Gasteiger charge is -2.08. The van der Waals surface area contributed by atoms with Crippen molar-refractivity contribution in [2.45, 2.75) is 13.5 Å². The van der Waals surface area contributed by atoms with E-state index in [1.165, 1.54) is 6.21 Å². The first-order chi connectivity index (χ1) is 15.5. The molecule has 164 valence electrons. The van der Waals surface area contributed by atoms with Gasteiger partial charge >= 0.3 is 0 Å². The number of rotatable bonds is 7. The number of carbonyl (C=O) groups is 1. The van der Waals surface area contributed by atoms with Gasteiger partial charge in [0.05, 0.1) is 28.3 Å². The van der Waals surface area contributed by atoms with E-state index in [2.05, 4.69) is 46.4 Å². The van der Waals surface area contributed by atoms with Gasteiger partial charge in [-0.1, -0.05) is 12.1 Å². The highest BCUT2D eigenvalue weighted by atomic mass is 79.9. The molecule has 0 radical (unpaired) electrons. The van der Waals surface area contributed by atoms with Crippen molar-refractivity contribution < 1.29 is 19.3 Å². The quantitative estimate of drug-likeness (QED) is 0.259. The number of anilines is 1. The highest BCUT2D eigenvalue weighted by molar-refractivity contribution is 9.10. The topological polar surface area (TPSA) is 154 Å². The number of hydrogen-bond acceptors (Lipinski definition) is 9. The smallest absolute Gasteiger partial charge is 0.260 e. The number of aromatic nitrogens is 4. The van der Waals surface area contributed by atoms with E-state index in [1.54, 1.807) is 16.7 Å². The molecule has 4 N–H and O–H groups in total. The number of para-hydroxylation sites is 2. The normalized spacial score (nSPS) is 11.3. The van der Waals surface area contributed by atoms with Gasteiger partial charge in [0.15, 0.2) is 28.8 Å². The molecule has 32 heavy (non-hydrogen) atoms. The minimum atomic E-state index is -0.399. The van der Waals surface area contributed by atoms with E-state index >= 15 is 0 Å². The number of hydrogen-bond donors (Lipinski definition) is 3. The average Bonchev–Trinajstić information content (AvgIpc) is 3.35. The van der Waals surface area contributed by atoms with Gasteiger partial charge in [-0.2, -0.15) is 5.10 Å². The lowest BCUT2D eigenvalue weighted by molar-refractivity contribution is -0.121. The number of nitrogen functional groups attached to an aromatic ring is 1. The molecule has 2 aromatic heterocycles. The molecule has 0 spiro atoms. The summed E-state index contributed by atoms with van der Waals surface area (Å²) < 4.78 is 12.2. The second-order valence-corrected chi connectivity index (χ2v) is 7.44. The molecule has 0 unspecified atom stereocenters. The van der Waals surface area contributed by atoms with Crippen molar-refractivity contribution in [2.24, 2.45) is 5.10 Å². The highest BCUT2D eigenvalue weighted by Crippen LogP contribution is 2.35. The van der Waals surface area contributed by atoms with E-state index in [1.807, 2.05) is 31.2 Å². The number of phenolic OH excluding ortho intramolecular Hbond substituents is 1. The molecule has 0 fully saturated rings. The molecular weight excluding hydrogens is 482 g/mol. The maximum Gasteiger partial charge on any atom is 0.260 e. The Labute approximate surface area is 190 Å². The summed E-state index contributed by atoms with van der Waals surface area (Å²) in [7, 11) is 0. The number of imidazole rings is 1. The molecule has 0 bridgehead atoms. The summed E-state index contributed by atoms with van der Waals surface area (Å²) in [5.74, 6) is 0.330. The van der Waals surface area contributed by atoms with Crippen molar-refractivity contribution in [3.63, 3.8) is 0 Å². The summed E-state index contributed by atoms with van der Waals surface area (Å²) in [5, 5.41) is 21.4. The van der Waals surface area contributed by atoms with E-state index < -0.39 is 5.91 Å². The van der Waals surface area contributed by atoms with Crippen LogP contribution in [0.3, 0.4) is 0 Å². The van der Waals surface area contributed by atoms with Crippen LogP contribution < -0.4 is 15.9 Å². The van der Waals surface area contributed by atoms with E-state index in [4.69, 9.17) is 10.5 Å². The molecule has 2 aromatic carbocycles. The third-order valence-electron chi connectivity index (χ3n) is 4.44. The number of fused-ring (bicyclic) bond motifs is 1. The van der Waals surface area contributed by atoms with Crippen LogP contribution in [0.25, 0.3) is 22.6 Å². The molecule has 1 amide bonds.